The summed E-state index contributed by atoms with van der Waals surface area (Å²) >= 11 is 14.4. The molecular weight excluding hydrogens is 659 g/mol. The number of Topliss-reactive ketones (excluding diaryl/α,β-unsaturated/α-hetero) is 1. The lowest BCUT2D eigenvalue weighted by Crippen LogP contribution is -2.57. The average molecular weight is 702 g/mol. The van der Waals surface area contributed by atoms with Crippen molar-refractivity contribution >= 4 is 64.5 Å². The Morgan fingerprint density at radius 3 is 1.96 bits per heavy atom. The fourth-order valence-corrected chi connectivity index (χ4v) is 6.44. The molecule has 46 heavy (non-hydrogen) atoms. The van der Waals surface area contributed by atoms with Crippen molar-refractivity contribution in [1.82, 2.24) is 0 Å². The van der Waals surface area contributed by atoms with Gasteiger partial charge in [0.1, 0.15) is 24.1 Å². The minimum Gasteiger partial charge on any atom is -0.458 e. The Balaban J connectivity index is 0.00000173. The maximum absolute atomic E-state index is 13.8. The van der Waals surface area contributed by atoms with Crippen molar-refractivity contribution in [3.63, 3.8) is 0 Å². The number of esters is 4. The molecule has 0 aliphatic heterocycles. The number of ether oxygens (including phenoxy) is 4. The predicted octanol–water partition coefficient (Wildman–Crippen LogP) is 7.16. The van der Waals surface area contributed by atoms with Crippen LogP contribution in [0.1, 0.15) is 78.6 Å². The zero-order valence-corrected chi connectivity index (χ0v) is 29.7. The highest BCUT2D eigenvalue weighted by Crippen LogP contribution is 2.52. The van der Waals surface area contributed by atoms with Gasteiger partial charge in [-0.2, -0.15) is 0 Å². The quantitative estimate of drug-likeness (QED) is 0.132. The monoisotopic (exact) mass is 700 g/mol. The molecule has 0 saturated heterocycles. The Kier molecular flexibility index (Phi) is 14.8. The second-order valence-corrected chi connectivity index (χ2v) is 14.1. The third-order valence-electron chi connectivity index (χ3n) is 8.05. The van der Waals surface area contributed by atoms with Crippen molar-refractivity contribution in [2.24, 2.45) is 23.7 Å². The highest BCUT2D eigenvalue weighted by Gasteiger charge is 2.63. The number of ketones is 1. The molecule has 8 atom stereocenters. The number of hydrogen-bond donors (Lipinski definition) is 0. The van der Waals surface area contributed by atoms with Crippen LogP contribution in [0, 0.1) is 23.7 Å². The number of allylic oxidation sites excluding steroid dienone is 2. The summed E-state index contributed by atoms with van der Waals surface area (Å²) in [7, 11) is 0. The Hall–Kier alpha value is -2.88. The van der Waals surface area contributed by atoms with Crippen molar-refractivity contribution in [2.75, 3.05) is 0 Å². The molecule has 9 nitrogen and oxygen atoms in total. The first kappa shape index (κ1) is 39.3. The molecule has 1 aromatic carbocycles. The number of alkyl halides is 3. The highest BCUT2D eigenvalue weighted by atomic mass is 35.6. The average Bonchev–Trinajstić information content (AvgIpc) is 3.18. The molecule has 0 radical (unpaired) electrons. The molecule has 1 saturated carbocycles. The van der Waals surface area contributed by atoms with Crippen molar-refractivity contribution in [2.45, 2.75) is 96.4 Å². The summed E-state index contributed by atoms with van der Waals surface area (Å²) in [4.78, 5) is 64.6. The van der Waals surface area contributed by atoms with E-state index in [9.17, 15) is 24.0 Å². The fraction of sp³-hybridized carbons (Fsp3) is 0.559. The maximum atomic E-state index is 13.8. The molecule has 0 spiro atoms. The van der Waals surface area contributed by atoms with E-state index in [-0.39, 0.29) is 24.5 Å². The predicted molar refractivity (Wildman–Crippen MR) is 175 cm³/mol. The van der Waals surface area contributed by atoms with E-state index >= 15 is 0 Å². The van der Waals surface area contributed by atoms with Crippen LogP contribution in [0.15, 0.2) is 53.6 Å². The Morgan fingerprint density at radius 1 is 0.891 bits per heavy atom. The maximum Gasteiger partial charge on any atom is 0.338 e. The van der Waals surface area contributed by atoms with E-state index in [1.165, 1.54) is 20.8 Å². The second-order valence-electron chi connectivity index (χ2n) is 12.1. The van der Waals surface area contributed by atoms with Gasteiger partial charge in [0, 0.05) is 39.0 Å². The number of hydrogen-bond acceptors (Lipinski definition) is 9. The molecule has 1 aromatic rings. The molecular formula is C34H43Cl3O9. The third kappa shape index (κ3) is 10.6. The minimum absolute atomic E-state index is 0.106. The molecule has 0 N–H and O–H groups in total. The van der Waals surface area contributed by atoms with Gasteiger partial charge < -0.3 is 18.9 Å². The van der Waals surface area contributed by atoms with Crippen LogP contribution in [0.4, 0.5) is 0 Å². The molecule has 12 heteroatoms. The lowest BCUT2D eigenvalue weighted by Gasteiger charge is -2.45. The standard InChI is InChI=1S/C33H42O9.CHCl3/c1-18(2)14-26-21(5)31(40-23(7)35)33(42-24(8)36)17-20(4)30(41-32(38)25-12-10-9-11-13-25)27(33)15-19(3)29(16-28(26)37)39-22(6)34;2-1(3)4/h9-15,20-21,26-27,29-31H,16-17H2,1-8H3;1H/b19-15+;/t20-,21+,26+,27+,29-,30+,31-,33-;/m1./s1. The highest BCUT2D eigenvalue weighted by molar-refractivity contribution is 6.63. The summed E-state index contributed by atoms with van der Waals surface area (Å²) in [6, 6.07) is 8.54. The lowest BCUT2D eigenvalue weighted by atomic mass is 9.71. The first-order valence-electron chi connectivity index (χ1n) is 15.0. The zero-order valence-electron chi connectivity index (χ0n) is 27.4. The van der Waals surface area contributed by atoms with Crippen molar-refractivity contribution < 1.29 is 42.9 Å². The van der Waals surface area contributed by atoms with E-state index in [1.807, 2.05) is 20.8 Å². The molecule has 0 amide bonds. The lowest BCUT2D eigenvalue weighted by molar-refractivity contribution is -0.200. The molecule has 0 bridgehead atoms. The third-order valence-corrected chi connectivity index (χ3v) is 8.05. The van der Waals surface area contributed by atoms with E-state index in [0.29, 0.717) is 11.1 Å². The van der Waals surface area contributed by atoms with E-state index < -0.39 is 69.8 Å². The van der Waals surface area contributed by atoms with Crippen LogP contribution in [0.5, 0.6) is 0 Å². The summed E-state index contributed by atoms with van der Waals surface area (Å²) in [6.07, 6.45) is 0.876. The smallest absolute Gasteiger partial charge is 0.338 e. The normalized spacial score (nSPS) is 30.3. The molecule has 2 aliphatic rings. The van der Waals surface area contributed by atoms with Crippen LogP contribution < -0.4 is 0 Å². The van der Waals surface area contributed by atoms with Gasteiger partial charge in [0.15, 0.2) is 9.90 Å². The van der Waals surface area contributed by atoms with Crippen LogP contribution in [-0.2, 0) is 38.1 Å². The number of halogens is 3. The van der Waals surface area contributed by atoms with Gasteiger partial charge in [-0.3, -0.25) is 19.2 Å². The van der Waals surface area contributed by atoms with E-state index in [1.54, 1.807) is 56.3 Å². The molecule has 0 aromatic heterocycles. The number of carbonyl (C=O) groups is 5. The van der Waals surface area contributed by atoms with Gasteiger partial charge in [0.2, 0.25) is 0 Å². The number of benzene rings is 1. The molecule has 2 aliphatic carbocycles. The van der Waals surface area contributed by atoms with Crippen LogP contribution in [0.25, 0.3) is 0 Å². The van der Waals surface area contributed by atoms with E-state index in [2.05, 4.69) is 0 Å². The molecule has 0 heterocycles. The topological polar surface area (TPSA) is 122 Å². The number of rotatable bonds is 6. The summed E-state index contributed by atoms with van der Waals surface area (Å²) in [5.74, 6) is -5.09. The van der Waals surface area contributed by atoms with Gasteiger partial charge in [-0.25, -0.2) is 4.79 Å². The van der Waals surface area contributed by atoms with Crippen LogP contribution in [0.2, 0.25) is 0 Å². The SMILES string of the molecule is CC(=O)O[C@@H]1[C@@H](C)[C@H](C=C(C)C)C(=O)C[C@@H](OC(C)=O)/C(C)=C/[C@H]2[C@@H](OC(=O)c3ccccc3)[C@H](C)C[C@]12OC(C)=O.ClC(Cl)Cl. The number of carbonyl (C=O) groups excluding carboxylic acids is 5. The first-order chi connectivity index (χ1) is 21.4. The fourth-order valence-electron chi connectivity index (χ4n) is 6.44. The Bertz CT molecular complexity index is 1320. The summed E-state index contributed by atoms with van der Waals surface area (Å²) in [5.41, 5.74) is 0.252. The molecule has 1 fully saturated rings. The Labute approximate surface area is 285 Å². The van der Waals surface area contributed by atoms with E-state index in [4.69, 9.17) is 53.8 Å². The van der Waals surface area contributed by atoms with Gasteiger partial charge in [0.25, 0.3) is 0 Å². The van der Waals surface area contributed by atoms with Crippen LogP contribution >= 0.6 is 34.8 Å². The van der Waals surface area contributed by atoms with Crippen molar-refractivity contribution in [3.8, 4) is 0 Å². The molecule has 254 valence electrons. The summed E-state index contributed by atoms with van der Waals surface area (Å²) < 4.78 is 23.1. The molecule has 0 unspecified atom stereocenters. The van der Waals surface area contributed by atoms with E-state index in [0.717, 1.165) is 5.57 Å². The van der Waals surface area contributed by atoms with Gasteiger partial charge in [0.05, 0.1) is 11.5 Å². The zero-order chi connectivity index (χ0) is 34.9. The van der Waals surface area contributed by atoms with Crippen molar-refractivity contribution in [3.05, 3.63) is 59.2 Å². The van der Waals surface area contributed by atoms with Gasteiger partial charge in [-0.15, -0.1) is 0 Å². The molecule has 3 rings (SSSR count). The van der Waals surface area contributed by atoms with Crippen LogP contribution in [0.3, 0.4) is 0 Å². The minimum atomic E-state index is -1.49. The number of fused-ring (bicyclic) bond motifs is 1. The second kappa shape index (κ2) is 17.3. The van der Waals surface area contributed by atoms with Gasteiger partial charge in [-0.05, 0) is 50.8 Å². The summed E-state index contributed by atoms with van der Waals surface area (Å²) in [6.45, 7) is 12.9. The van der Waals surface area contributed by atoms with Gasteiger partial charge >= 0.3 is 23.9 Å². The van der Waals surface area contributed by atoms with Crippen LogP contribution in [-0.4, -0.2) is 57.9 Å². The Morgan fingerprint density at radius 2 is 1.46 bits per heavy atom. The van der Waals surface area contributed by atoms with Gasteiger partial charge in [-0.1, -0.05) is 84.6 Å². The van der Waals surface area contributed by atoms with Crippen molar-refractivity contribution in [1.29, 1.82) is 0 Å². The summed E-state index contributed by atoms with van der Waals surface area (Å²) in [5, 5.41) is 0. The largest absolute Gasteiger partial charge is 0.458 e. The first-order valence-corrected chi connectivity index (χ1v) is 16.3.